The van der Waals surface area contributed by atoms with Gasteiger partial charge >= 0.3 is 17.3 Å². The van der Waals surface area contributed by atoms with Crippen LogP contribution >= 0.6 is 0 Å². The SMILES string of the molecule is C=C(C)C(=O)OC(C)c1cc([N+](=O)[O-])c([N+](=O)[O-])cc1[N+](=O)[O-]. The van der Waals surface area contributed by atoms with Crippen LogP contribution in [0.1, 0.15) is 25.5 Å². The maximum atomic E-state index is 11.5. The molecule has 0 heterocycles. The molecule has 11 heteroatoms. The van der Waals surface area contributed by atoms with Crippen LogP contribution in [-0.4, -0.2) is 20.7 Å². The van der Waals surface area contributed by atoms with Gasteiger partial charge in [0.05, 0.1) is 20.3 Å². The van der Waals surface area contributed by atoms with E-state index in [9.17, 15) is 35.1 Å². The van der Waals surface area contributed by atoms with Gasteiger partial charge in [-0.2, -0.15) is 0 Å². The van der Waals surface area contributed by atoms with E-state index in [4.69, 9.17) is 4.74 Å². The highest BCUT2D eigenvalue weighted by atomic mass is 16.6. The van der Waals surface area contributed by atoms with E-state index in [2.05, 4.69) is 6.58 Å². The number of rotatable bonds is 6. The number of carbonyl (C=O) groups excluding carboxylic acids is 1. The zero-order chi connectivity index (χ0) is 17.9. The normalized spacial score (nSPS) is 11.4. The van der Waals surface area contributed by atoms with Crippen LogP contribution in [0.25, 0.3) is 0 Å². The molecule has 0 saturated carbocycles. The molecule has 0 spiro atoms. The summed E-state index contributed by atoms with van der Waals surface area (Å²) in [5.74, 6) is -0.854. The first kappa shape index (κ1) is 17.7. The van der Waals surface area contributed by atoms with Crippen molar-refractivity contribution in [2.24, 2.45) is 0 Å². The Labute approximate surface area is 128 Å². The number of esters is 1. The van der Waals surface area contributed by atoms with E-state index >= 15 is 0 Å². The van der Waals surface area contributed by atoms with Crippen LogP contribution in [0.15, 0.2) is 24.3 Å². The van der Waals surface area contributed by atoms with Crippen LogP contribution in [0.5, 0.6) is 0 Å². The molecule has 122 valence electrons. The quantitative estimate of drug-likeness (QED) is 0.334. The molecule has 0 fully saturated rings. The summed E-state index contributed by atoms with van der Waals surface area (Å²) in [5.41, 5.74) is -3.03. The molecule has 0 amide bonds. The van der Waals surface area contributed by atoms with Crippen LogP contribution in [0, 0.1) is 30.3 Å². The second kappa shape index (κ2) is 6.60. The fourth-order valence-electron chi connectivity index (χ4n) is 1.68. The van der Waals surface area contributed by atoms with E-state index in [-0.39, 0.29) is 11.1 Å². The number of nitro groups is 3. The second-order valence-electron chi connectivity index (χ2n) is 4.50. The molecule has 0 saturated heterocycles. The number of hydrogen-bond donors (Lipinski definition) is 0. The zero-order valence-electron chi connectivity index (χ0n) is 12.0. The number of nitrogens with zero attached hydrogens (tertiary/aromatic N) is 3. The molecule has 11 nitrogen and oxygen atoms in total. The van der Waals surface area contributed by atoms with Crippen molar-refractivity contribution in [2.45, 2.75) is 20.0 Å². The zero-order valence-corrected chi connectivity index (χ0v) is 12.0. The third-order valence-electron chi connectivity index (χ3n) is 2.78. The van der Waals surface area contributed by atoms with Gasteiger partial charge in [-0.25, -0.2) is 4.79 Å². The van der Waals surface area contributed by atoms with Crippen molar-refractivity contribution in [1.82, 2.24) is 0 Å². The summed E-state index contributed by atoms with van der Waals surface area (Å²) >= 11 is 0. The lowest BCUT2D eigenvalue weighted by Crippen LogP contribution is -2.11. The standard InChI is InChI=1S/C12H11N3O8/c1-6(2)12(16)23-7(3)8-4-10(14(19)20)11(15(21)22)5-9(8)13(17)18/h4-5,7H,1H2,2-3H3. The minimum atomic E-state index is -1.24. The first-order chi connectivity index (χ1) is 10.6. The van der Waals surface area contributed by atoms with Crippen LogP contribution in [0.2, 0.25) is 0 Å². The summed E-state index contributed by atoms with van der Waals surface area (Å²) in [4.78, 5) is 41.2. The van der Waals surface area contributed by atoms with Crippen molar-refractivity contribution in [3.8, 4) is 0 Å². The average molecular weight is 325 g/mol. The van der Waals surface area contributed by atoms with Crippen LogP contribution in [0.4, 0.5) is 17.1 Å². The molecule has 0 N–H and O–H groups in total. The van der Waals surface area contributed by atoms with Crippen molar-refractivity contribution in [3.63, 3.8) is 0 Å². The van der Waals surface area contributed by atoms with Crippen molar-refractivity contribution in [2.75, 3.05) is 0 Å². The predicted molar refractivity (Wildman–Crippen MR) is 75.7 cm³/mol. The van der Waals surface area contributed by atoms with Crippen molar-refractivity contribution >= 4 is 23.0 Å². The largest absolute Gasteiger partial charge is 0.454 e. The molecule has 1 aromatic carbocycles. The Morgan fingerprint density at radius 2 is 1.48 bits per heavy atom. The lowest BCUT2D eigenvalue weighted by molar-refractivity contribution is -0.424. The summed E-state index contributed by atoms with van der Waals surface area (Å²) in [5, 5.41) is 32.8. The molecule has 1 aromatic rings. The molecule has 0 aromatic heterocycles. The molecular formula is C12H11N3O8. The highest BCUT2D eigenvalue weighted by Crippen LogP contribution is 2.38. The van der Waals surface area contributed by atoms with Gasteiger partial charge in [0.2, 0.25) is 0 Å². The molecule has 1 rings (SSSR count). The second-order valence-corrected chi connectivity index (χ2v) is 4.50. The van der Waals surface area contributed by atoms with Gasteiger partial charge in [-0.05, 0) is 13.8 Å². The number of ether oxygens (including phenoxy) is 1. The maximum absolute atomic E-state index is 11.5. The molecular weight excluding hydrogens is 314 g/mol. The number of hydrogen-bond acceptors (Lipinski definition) is 8. The molecule has 0 bridgehead atoms. The Morgan fingerprint density at radius 3 is 1.87 bits per heavy atom. The number of benzene rings is 1. The van der Waals surface area contributed by atoms with E-state index in [1.807, 2.05) is 0 Å². The number of carbonyl (C=O) groups is 1. The first-order valence-corrected chi connectivity index (χ1v) is 6.03. The molecule has 1 atom stereocenters. The molecule has 1 unspecified atom stereocenters. The van der Waals surface area contributed by atoms with Gasteiger partial charge in [0, 0.05) is 11.6 Å². The summed E-state index contributed by atoms with van der Waals surface area (Å²) in [6.45, 7) is 5.93. The van der Waals surface area contributed by atoms with Crippen LogP contribution < -0.4 is 0 Å². The molecule has 0 aliphatic heterocycles. The Bertz CT molecular complexity index is 727. The van der Waals surface area contributed by atoms with E-state index in [0.717, 1.165) is 0 Å². The van der Waals surface area contributed by atoms with Gasteiger partial charge in [0.1, 0.15) is 12.2 Å². The minimum absolute atomic E-state index is 0.0240. The van der Waals surface area contributed by atoms with E-state index in [1.165, 1.54) is 13.8 Å². The summed E-state index contributed by atoms with van der Waals surface area (Å²) in [6, 6.07) is 1.13. The lowest BCUT2D eigenvalue weighted by Gasteiger charge is -2.13. The first-order valence-electron chi connectivity index (χ1n) is 6.03. The van der Waals surface area contributed by atoms with Crippen LogP contribution in [0.3, 0.4) is 0 Å². The molecule has 0 aliphatic rings. The van der Waals surface area contributed by atoms with Crippen molar-refractivity contribution < 1.29 is 24.3 Å². The van der Waals surface area contributed by atoms with Gasteiger partial charge in [-0.1, -0.05) is 6.58 Å². The van der Waals surface area contributed by atoms with Gasteiger partial charge in [0.25, 0.3) is 5.69 Å². The highest BCUT2D eigenvalue weighted by Gasteiger charge is 2.34. The van der Waals surface area contributed by atoms with E-state index in [1.54, 1.807) is 0 Å². The van der Waals surface area contributed by atoms with Crippen molar-refractivity contribution in [1.29, 1.82) is 0 Å². The lowest BCUT2D eigenvalue weighted by atomic mass is 10.1. The Balaban J connectivity index is 3.51. The van der Waals surface area contributed by atoms with Gasteiger partial charge < -0.3 is 4.74 Å². The van der Waals surface area contributed by atoms with Gasteiger partial charge in [-0.15, -0.1) is 0 Å². The highest BCUT2D eigenvalue weighted by molar-refractivity contribution is 5.87. The molecule has 0 radical (unpaired) electrons. The summed E-state index contributed by atoms with van der Waals surface area (Å²) in [6.07, 6.45) is -1.24. The third-order valence-corrected chi connectivity index (χ3v) is 2.78. The monoisotopic (exact) mass is 325 g/mol. The molecule has 0 aliphatic carbocycles. The minimum Gasteiger partial charge on any atom is -0.454 e. The average Bonchev–Trinajstić information content (AvgIpc) is 2.44. The molecule has 23 heavy (non-hydrogen) atoms. The predicted octanol–water partition coefficient (Wildman–Crippen LogP) is 2.59. The van der Waals surface area contributed by atoms with Gasteiger partial charge in [-0.3, -0.25) is 30.3 Å². The smallest absolute Gasteiger partial charge is 0.352 e. The van der Waals surface area contributed by atoms with Crippen molar-refractivity contribution in [3.05, 3.63) is 60.2 Å². The Hall–Kier alpha value is -3.37. The topological polar surface area (TPSA) is 156 Å². The summed E-state index contributed by atoms with van der Waals surface area (Å²) in [7, 11) is 0. The maximum Gasteiger partial charge on any atom is 0.352 e. The Kier molecular flexibility index (Phi) is 5.07. The van der Waals surface area contributed by atoms with Crippen LogP contribution in [-0.2, 0) is 9.53 Å². The van der Waals surface area contributed by atoms with E-state index < -0.39 is 43.9 Å². The van der Waals surface area contributed by atoms with Gasteiger partial charge in [0.15, 0.2) is 0 Å². The Morgan fingerprint density at radius 1 is 1.04 bits per heavy atom. The fourth-order valence-corrected chi connectivity index (χ4v) is 1.68. The third kappa shape index (κ3) is 3.84. The number of nitro benzene ring substituents is 3. The summed E-state index contributed by atoms with van der Waals surface area (Å²) < 4.78 is 4.89. The fraction of sp³-hybridized carbons (Fsp3) is 0.250. The van der Waals surface area contributed by atoms with E-state index in [0.29, 0.717) is 12.1 Å².